The first-order chi connectivity index (χ1) is 7.14. The third kappa shape index (κ3) is 165. The van der Waals surface area contributed by atoms with Gasteiger partial charge < -0.3 is 44.7 Å². The van der Waals surface area contributed by atoms with Gasteiger partial charge in [-0.1, -0.05) is 29.7 Å². The second kappa shape index (κ2) is 93.6. The summed E-state index contributed by atoms with van der Waals surface area (Å²) in [4.78, 5) is 36.2. The van der Waals surface area contributed by atoms with Gasteiger partial charge in [0.1, 0.15) is 0 Å². The topological polar surface area (TPSA) is 92.3 Å². The van der Waals surface area contributed by atoms with Crippen molar-refractivity contribution in [3.8, 4) is 0 Å². The summed E-state index contributed by atoms with van der Waals surface area (Å²) in [5.41, 5.74) is 0. The van der Waals surface area contributed by atoms with Crippen molar-refractivity contribution in [3.05, 3.63) is 14.9 Å². The van der Waals surface area contributed by atoms with E-state index < -0.39 is 0 Å². The molecule has 0 aliphatic carbocycles. The summed E-state index contributed by atoms with van der Waals surface area (Å²) in [6.07, 6.45) is 5.55. The van der Waals surface area contributed by atoms with Crippen LogP contribution in [0, 0.1) is 14.9 Å². The number of hydrogen-bond acceptors (Lipinski definition) is 5. The zero-order valence-electron chi connectivity index (χ0n) is 12.1. The maximum atomic E-state index is 9.50. The van der Waals surface area contributed by atoms with Gasteiger partial charge in [-0.2, -0.15) is 13.3 Å². The van der Waals surface area contributed by atoms with Crippen LogP contribution in [0.25, 0.3) is 0 Å². The molecule has 142 valence electrons. The SMILES string of the molecule is C.C.C.C.CNC(C)N[C-]=O.C[C-]=O.O=[C-]C[C-]=O.[CH3-].[CH3-].[Y].[Y]. The molecule has 2 radical (unpaired) electrons. The molecule has 0 heterocycles. The van der Waals surface area contributed by atoms with Gasteiger partial charge in [0.2, 0.25) is 0 Å². The van der Waals surface area contributed by atoms with Gasteiger partial charge in [0, 0.05) is 71.6 Å². The van der Waals surface area contributed by atoms with Gasteiger partial charge >= 0.3 is 0 Å². The third-order valence-corrected chi connectivity index (χ3v) is 0.853. The van der Waals surface area contributed by atoms with Gasteiger partial charge in [0.25, 0.3) is 0 Å². The molecule has 0 saturated heterocycles. The van der Waals surface area contributed by atoms with Gasteiger partial charge in [0.05, 0.1) is 0 Å². The largest absolute Gasteiger partial charge is 0.544 e. The number of hydrogen-bond donors (Lipinski definition) is 2. The number of rotatable bonds is 5. The molecule has 0 aromatic carbocycles. The molecule has 6 nitrogen and oxygen atoms in total. The zero-order valence-corrected chi connectivity index (χ0v) is 17.7. The number of nitrogens with one attached hydrogen (secondary N) is 2. The molecule has 0 aromatic heterocycles. The monoisotopic (exact) mass is 486 g/mol. The minimum absolute atomic E-state index is 0. The van der Waals surface area contributed by atoms with E-state index in [1.165, 1.54) is 25.8 Å². The Labute approximate surface area is 196 Å². The summed E-state index contributed by atoms with van der Waals surface area (Å²) < 4.78 is 0. The van der Waals surface area contributed by atoms with Crippen LogP contribution in [0.3, 0.4) is 0 Å². The van der Waals surface area contributed by atoms with Crippen molar-refractivity contribution < 1.29 is 84.6 Å². The fraction of sp³-hybridized carbons (Fsp3) is 0.600. The van der Waals surface area contributed by atoms with E-state index in [9.17, 15) is 4.79 Å². The van der Waals surface area contributed by atoms with Crippen molar-refractivity contribution in [3.63, 3.8) is 0 Å². The van der Waals surface area contributed by atoms with Crippen LogP contribution in [0.2, 0.25) is 0 Å². The molecule has 1 atom stereocenters. The summed E-state index contributed by atoms with van der Waals surface area (Å²) in [5.74, 6) is 0. The number of amides is 1. The number of carbonyl (C=O) groups excluding carboxylic acids is 4. The molecule has 8 heteroatoms. The van der Waals surface area contributed by atoms with Gasteiger partial charge in [0.15, 0.2) is 0 Å². The molecule has 0 fully saturated rings. The molecule has 1 amide bonds. The van der Waals surface area contributed by atoms with E-state index in [-0.39, 0.29) is 123 Å². The van der Waals surface area contributed by atoms with Crippen molar-refractivity contribution in [2.45, 2.75) is 56.1 Å². The quantitative estimate of drug-likeness (QED) is 0.270. The molecule has 0 aliphatic rings. The van der Waals surface area contributed by atoms with E-state index >= 15 is 0 Å². The van der Waals surface area contributed by atoms with Crippen LogP contribution < -0.4 is 10.6 Å². The van der Waals surface area contributed by atoms with Crippen LogP contribution in [-0.2, 0) is 84.6 Å². The first-order valence-corrected chi connectivity index (χ1v) is 3.93. The van der Waals surface area contributed by atoms with E-state index in [0.717, 1.165) is 0 Å². The van der Waals surface area contributed by atoms with Crippen molar-refractivity contribution in [1.29, 1.82) is 0 Å². The first kappa shape index (κ1) is 75.8. The Morgan fingerprint density at radius 1 is 0.870 bits per heavy atom. The Balaban J connectivity index is -0.00000000930. The summed E-state index contributed by atoms with van der Waals surface area (Å²) >= 11 is 0. The van der Waals surface area contributed by atoms with Crippen LogP contribution in [0.1, 0.15) is 50.0 Å². The van der Waals surface area contributed by atoms with Gasteiger partial charge in [-0.05, 0) is 14.0 Å². The second-order valence-corrected chi connectivity index (χ2v) is 1.93. The predicted molar refractivity (Wildman–Crippen MR) is 94.5 cm³/mol. The molecule has 0 saturated carbocycles. The van der Waals surface area contributed by atoms with Crippen molar-refractivity contribution in [1.82, 2.24) is 10.6 Å². The average molecular weight is 486 g/mol. The van der Waals surface area contributed by atoms with Crippen molar-refractivity contribution >= 4 is 25.3 Å². The molecule has 0 spiro atoms. The van der Waals surface area contributed by atoms with Crippen LogP contribution in [0.4, 0.5) is 0 Å². The van der Waals surface area contributed by atoms with E-state index in [4.69, 9.17) is 14.4 Å². The standard InChI is InChI=1S/C4H9N2O.C3H2O2.C2H3O.4CH4.2CH3.2Y/c1-4(5-2)6-3-7;4-2-1-3-5;1-2-3;;;;;;;;/h4-5H,1-2H3,(H,6,7);1H2;1H3;4*1H4;2*1H3;;/q-1;-2;-1;;;;;2*-1;;. The smallest absolute Gasteiger partial charge is 0.0457 e. The summed E-state index contributed by atoms with van der Waals surface area (Å²) in [5, 5.41) is 5.17. The maximum Gasteiger partial charge on any atom is 0.0457 e. The second-order valence-electron chi connectivity index (χ2n) is 1.93. The summed E-state index contributed by atoms with van der Waals surface area (Å²) in [6.45, 7) is 3.14. The molecule has 0 aromatic rings. The van der Waals surface area contributed by atoms with Gasteiger partial charge in [-0.25, -0.2) is 0 Å². The summed E-state index contributed by atoms with van der Waals surface area (Å²) in [7, 11) is 1.76. The molecule has 0 bridgehead atoms. The van der Waals surface area contributed by atoms with Crippen LogP contribution in [-0.4, -0.2) is 38.5 Å². The van der Waals surface area contributed by atoms with E-state index in [1.54, 1.807) is 13.5 Å². The Bertz CT molecular complexity index is 170. The van der Waals surface area contributed by atoms with E-state index in [1.807, 2.05) is 6.92 Å². The molecule has 0 aliphatic heterocycles. The Hall–Kier alpha value is 0.648. The molecule has 23 heavy (non-hydrogen) atoms. The summed E-state index contributed by atoms with van der Waals surface area (Å²) in [6, 6.07) is 0. The minimum atomic E-state index is -0.222. The molecular weight excluding hydrogens is 450 g/mol. The van der Waals surface area contributed by atoms with E-state index in [0.29, 0.717) is 0 Å². The fourth-order valence-corrected chi connectivity index (χ4v) is 0.190. The van der Waals surface area contributed by atoms with E-state index in [2.05, 4.69) is 10.6 Å². The molecule has 2 N–H and O–H groups in total. The predicted octanol–water partition coefficient (Wildman–Crippen LogP) is 2.36. The third-order valence-electron chi connectivity index (χ3n) is 0.853. The Morgan fingerprint density at radius 3 is 1.17 bits per heavy atom. The van der Waals surface area contributed by atoms with Crippen molar-refractivity contribution in [2.24, 2.45) is 0 Å². The minimum Gasteiger partial charge on any atom is -0.544 e. The normalized spacial score (nSPS) is 5.87. The molecular formula is C15H36N2O4Y2-6. The first-order valence-electron chi connectivity index (χ1n) is 3.93. The maximum absolute atomic E-state index is 9.50. The van der Waals surface area contributed by atoms with Crippen LogP contribution in [0.5, 0.6) is 0 Å². The zero-order chi connectivity index (χ0) is 12.5. The molecule has 1 unspecified atom stereocenters. The van der Waals surface area contributed by atoms with Crippen LogP contribution in [0.15, 0.2) is 0 Å². The average Bonchev–Trinajstić information content (AvgIpc) is 2.21. The van der Waals surface area contributed by atoms with Crippen LogP contribution >= 0.6 is 0 Å². The van der Waals surface area contributed by atoms with Gasteiger partial charge in [-0.15, -0.1) is 0 Å². The Morgan fingerprint density at radius 2 is 1.13 bits per heavy atom. The fourth-order valence-electron chi connectivity index (χ4n) is 0.190. The molecule has 0 rings (SSSR count). The van der Waals surface area contributed by atoms with Gasteiger partial charge in [-0.3, -0.25) is 25.3 Å². The van der Waals surface area contributed by atoms with Crippen molar-refractivity contribution in [2.75, 3.05) is 7.05 Å². The Kier molecular flexibility index (Phi) is 309.